The van der Waals surface area contributed by atoms with Gasteiger partial charge in [0.25, 0.3) is 0 Å². The van der Waals surface area contributed by atoms with E-state index < -0.39 is 0 Å². The van der Waals surface area contributed by atoms with Crippen LogP contribution >= 0.6 is 27.5 Å². The highest BCUT2D eigenvalue weighted by molar-refractivity contribution is 9.09. The minimum Gasteiger partial charge on any atom is -0.378 e. The minimum atomic E-state index is 0.482. The van der Waals surface area contributed by atoms with Gasteiger partial charge in [-0.25, -0.2) is 0 Å². The average Bonchev–Trinajstić information content (AvgIpc) is 2.83. The van der Waals surface area contributed by atoms with E-state index in [1.807, 2.05) is 12.1 Å². The number of halogens is 2. The van der Waals surface area contributed by atoms with Crippen LogP contribution in [0, 0.1) is 0 Å². The molecule has 0 saturated carbocycles. The van der Waals surface area contributed by atoms with Gasteiger partial charge in [-0.1, -0.05) is 39.7 Å². The number of hydrogen-bond donors (Lipinski definition) is 0. The largest absolute Gasteiger partial charge is 0.378 e. The zero-order valence-corrected chi connectivity index (χ0v) is 12.2. The van der Waals surface area contributed by atoms with E-state index in [2.05, 4.69) is 28.1 Å². The number of benzene rings is 1. The maximum absolute atomic E-state index is 6.03. The molecule has 2 rings (SSSR count). The van der Waals surface area contributed by atoms with Crippen molar-refractivity contribution in [1.29, 1.82) is 0 Å². The summed E-state index contributed by atoms with van der Waals surface area (Å²) in [7, 11) is 0. The monoisotopic (exact) mass is 316 g/mol. The quantitative estimate of drug-likeness (QED) is 0.710. The van der Waals surface area contributed by atoms with Gasteiger partial charge < -0.3 is 4.74 Å². The molecule has 2 unspecified atom stereocenters. The molecule has 3 heteroatoms. The molecule has 0 N–H and O–H groups in total. The lowest BCUT2D eigenvalue weighted by molar-refractivity contribution is 0.101. The first-order valence-corrected chi connectivity index (χ1v) is 7.72. The summed E-state index contributed by atoms with van der Waals surface area (Å²) in [5.74, 6) is 0.540. The van der Waals surface area contributed by atoms with E-state index in [9.17, 15) is 0 Å². The van der Waals surface area contributed by atoms with Gasteiger partial charge in [0.05, 0.1) is 6.10 Å². The van der Waals surface area contributed by atoms with Crippen molar-refractivity contribution < 1.29 is 4.74 Å². The fourth-order valence-corrected chi connectivity index (χ4v) is 3.25. The molecule has 94 valence electrons. The molecule has 1 aliphatic heterocycles. The van der Waals surface area contributed by atoms with Crippen LogP contribution in [0.3, 0.4) is 0 Å². The molecule has 0 aliphatic carbocycles. The maximum atomic E-state index is 6.03. The highest BCUT2D eigenvalue weighted by Gasteiger charge is 2.18. The molecule has 2 atom stereocenters. The summed E-state index contributed by atoms with van der Waals surface area (Å²) in [4.78, 5) is 0. The second-order valence-electron chi connectivity index (χ2n) is 4.62. The third-order valence-electron chi connectivity index (χ3n) is 3.37. The van der Waals surface area contributed by atoms with Crippen molar-refractivity contribution in [2.45, 2.75) is 37.7 Å². The van der Waals surface area contributed by atoms with E-state index >= 15 is 0 Å². The predicted molar refractivity (Wildman–Crippen MR) is 76.2 cm³/mol. The van der Waals surface area contributed by atoms with Gasteiger partial charge in [0.2, 0.25) is 0 Å². The molecule has 1 fully saturated rings. The second-order valence-corrected chi connectivity index (χ2v) is 5.70. The first-order valence-electron chi connectivity index (χ1n) is 6.22. The fourth-order valence-electron chi connectivity index (χ4n) is 2.35. The lowest BCUT2D eigenvalue weighted by atomic mass is 9.94. The minimum absolute atomic E-state index is 0.482. The maximum Gasteiger partial charge on any atom is 0.0576 e. The Bertz CT molecular complexity index is 350. The van der Waals surface area contributed by atoms with Crippen molar-refractivity contribution in [2.75, 3.05) is 11.9 Å². The lowest BCUT2D eigenvalue weighted by Gasteiger charge is -2.17. The highest BCUT2D eigenvalue weighted by Crippen LogP contribution is 2.28. The number of rotatable bonds is 5. The van der Waals surface area contributed by atoms with Crippen LogP contribution in [-0.4, -0.2) is 18.0 Å². The molecule has 1 aromatic rings. The van der Waals surface area contributed by atoms with Crippen LogP contribution in [0.5, 0.6) is 0 Å². The van der Waals surface area contributed by atoms with Crippen LogP contribution in [0.2, 0.25) is 5.02 Å². The Kier molecular flexibility index (Phi) is 5.33. The zero-order valence-electron chi connectivity index (χ0n) is 9.87. The molecular formula is C14H18BrClO. The molecule has 0 radical (unpaired) electrons. The van der Waals surface area contributed by atoms with Crippen molar-refractivity contribution in [3.05, 3.63) is 34.9 Å². The Morgan fingerprint density at radius 3 is 3.00 bits per heavy atom. The van der Waals surface area contributed by atoms with Crippen LogP contribution in [0.4, 0.5) is 0 Å². The van der Waals surface area contributed by atoms with Gasteiger partial charge in [-0.2, -0.15) is 0 Å². The van der Waals surface area contributed by atoms with Gasteiger partial charge in [0.1, 0.15) is 0 Å². The van der Waals surface area contributed by atoms with Gasteiger partial charge in [-0.15, -0.1) is 0 Å². The third kappa shape index (κ3) is 3.97. The van der Waals surface area contributed by atoms with Crippen molar-refractivity contribution in [3.8, 4) is 0 Å². The summed E-state index contributed by atoms with van der Waals surface area (Å²) >= 11 is 9.64. The molecule has 0 spiro atoms. The van der Waals surface area contributed by atoms with Gasteiger partial charge in [0, 0.05) is 17.0 Å². The molecule has 1 heterocycles. The summed E-state index contributed by atoms with van der Waals surface area (Å²) in [6.07, 6.45) is 5.25. The summed E-state index contributed by atoms with van der Waals surface area (Å²) in [6, 6.07) is 8.19. The fraction of sp³-hybridized carbons (Fsp3) is 0.571. The number of hydrogen-bond acceptors (Lipinski definition) is 1. The molecule has 17 heavy (non-hydrogen) atoms. The first kappa shape index (κ1) is 13.4. The van der Waals surface area contributed by atoms with E-state index in [1.165, 1.54) is 18.4 Å². The first-order chi connectivity index (χ1) is 8.29. The summed E-state index contributed by atoms with van der Waals surface area (Å²) in [5, 5.41) is 1.81. The summed E-state index contributed by atoms with van der Waals surface area (Å²) in [6.45, 7) is 0.945. The van der Waals surface area contributed by atoms with Gasteiger partial charge in [0.15, 0.2) is 0 Å². The van der Waals surface area contributed by atoms with Crippen molar-refractivity contribution in [1.82, 2.24) is 0 Å². The van der Waals surface area contributed by atoms with Crippen LogP contribution < -0.4 is 0 Å². The van der Waals surface area contributed by atoms with Crippen molar-refractivity contribution >= 4 is 27.5 Å². The predicted octanol–water partition coefficient (Wildman–Crippen LogP) is 4.78. The number of ether oxygens (including phenoxy) is 1. The Labute approximate surface area is 117 Å². The third-order valence-corrected chi connectivity index (χ3v) is 4.38. The summed E-state index contributed by atoms with van der Waals surface area (Å²) < 4.78 is 5.67. The zero-order chi connectivity index (χ0) is 12.1. The van der Waals surface area contributed by atoms with E-state index in [0.29, 0.717) is 12.0 Å². The van der Waals surface area contributed by atoms with Crippen LogP contribution in [0.1, 0.15) is 37.2 Å². The van der Waals surface area contributed by atoms with Gasteiger partial charge in [-0.3, -0.25) is 0 Å². The van der Waals surface area contributed by atoms with Crippen LogP contribution in [0.25, 0.3) is 0 Å². The van der Waals surface area contributed by atoms with Crippen molar-refractivity contribution in [2.24, 2.45) is 0 Å². The smallest absolute Gasteiger partial charge is 0.0576 e. The molecule has 0 aromatic heterocycles. The van der Waals surface area contributed by atoms with Crippen molar-refractivity contribution in [3.63, 3.8) is 0 Å². The standard InChI is InChI=1S/C14H18BrClO/c15-10-12(6-7-14-5-2-8-17-14)11-3-1-4-13(16)9-11/h1,3-4,9,12,14H,2,5-8,10H2. The van der Waals surface area contributed by atoms with E-state index in [1.54, 1.807) is 0 Å². The Hall–Kier alpha value is -0.0500. The molecule has 1 nitrogen and oxygen atoms in total. The molecule has 1 saturated heterocycles. The SMILES string of the molecule is Clc1cccc(C(CBr)CCC2CCCO2)c1. The normalized spacial score (nSPS) is 21.6. The van der Waals surface area contributed by atoms with Crippen LogP contribution in [-0.2, 0) is 4.74 Å². The van der Waals surface area contributed by atoms with Gasteiger partial charge in [-0.05, 0) is 49.3 Å². The number of alkyl halides is 1. The topological polar surface area (TPSA) is 9.23 Å². The Morgan fingerprint density at radius 2 is 2.35 bits per heavy atom. The summed E-state index contributed by atoms with van der Waals surface area (Å²) in [5.41, 5.74) is 1.33. The van der Waals surface area contributed by atoms with E-state index in [4.69, 9.17) is 16.3 Å². The second kappa shape index (κ2) is 6.77. The molecule has 1 aliphatic rings. The van der Waals surface area contributed by atoms with Gasteiger partial charge >= 0.3 is 0 Å². The Balaban J connectivity index is 1.91. The highest BCUT2D eigenvalue weighted by atomic mass is 79.9. The molecule has 1 aromatic carbocycles. The van der Waals surface area contributed by atoms with E-state index in [-0.39, 0.29) is 0 Å². The molecular weight excluding hydrogens is 300 g/mol. The Morgan fingerprint density at radius 1 is 1.47 bits per heavy atom. The van der Waals surface area contributed by atoms with E-state index in [0.717, 1.165) is 29.8 Å². The average molecular weight is 318 g/mol. The molecule has 0 amide bonds. The lowest BCUT2D eigenvalue weighted by Crippen LogP contribution is -2.09. The van der Waals surface area contributed by atoms with Crippen LogP contribution in [0.15, 0.2) is 24.3 Å². The molecule has 0 bridgehead atoms.